The maximum absolute atomic E-state index is 13.4. The van der Waals surface area contributed by atoms with Crippen molar-refractivity contribution in [1.82, 2.24) is 0 Å². The summed E-state index contributed by atoms with van der Waals surface area (Å²) in [6.07, 6.45) is 2.37. The smallest absolute Gasteiger partial charge is 0.272 e. The molecule has 5 heteroatoms. The topological polar surface area (TPSA) is 52.4 Å². The van der Waals surface area contributed by atoms with Crippen molar-refractivity contribution in [3.8, 4) is 0 Å². The fraction of sp³-hybridized carbons (Fsp3) is 0.455. The van der Waals surface area contributed by atoms with Crippen LogP contribution in [0.5, 0.6) is 0 Å². The Morgan fingerprint density at radius 1 is 1.50 bits per heavy atom. The normalized spacial score (nSPS) is 15.1. The molecule has 86 valence electrons. The predicted octanol–water partition coefficient (Wildman–Crippen LogP) is 2.66. The molecular formula is C11H12FNO3. The van der Waals surface area contributed by atoms with Crippen molar-refractivity contribution in [3.05, 3.63) is 39.7 Å². The Morgan fingerprint density at radius 2 is 2.25 bits per heavy atom. The SMILES string of the molecule is O=[N+]([O-])c1ccc(COCC2CC2)c(F)c1. The molecule has 4 nitrogen and oxygen atoms in total. The molecule has 1 aliphatic carbocycles. The first kappa shape index (κ1) is 11.0. The summed E-state index contributed by atoms with van der Waals surface area (Å²) in [5.41, 5.74) is 0.134. The summed E-state index contributed by atoms with van der Waals surface area (Å²) < 4.78 is 18.7. The van der Waals surface area contributed by atoms with E-state index in [0.29, 0.717) is 18.1 Å². The molecule has 1 aromatic carbocycles. The van der Waals surface area contributed by atoms with E-state index in [1.807, 2.05) is 0 Å². The first-order chi connectivity index (χ1) is 7.66. The van der Waals surface area contributed by atoms with E-state index < -0.39 is 10.7 Å². The molecule has 0 aromatic heterocycles. The Morgan fingerprint density at radius 3 is 2.81 bits per heavy atom. The molecule has 16 heavy (non-hydrogen) atoms. The summed E-state index contributed by atoms with van der Waals surface area (Å²) >= 11 is 0. The van der Waals surface area contributed by atoms with Gasteiger partial charge in [0.25, 0.3) is 5.69 Å². The van der Waals surface area contributed by atoms with Gasteiger partial charge >= 0.3 is 0 Å². The fourth-order valence-electron chi connectivity index (χ4n) is 1.39. The third kappa shape index (κ3) is 2.76. The summed E-state index contributed by atoms with van der Waals surface area (Å²) in [6.45, 7) is 0.830. The minimum atomic E-state index is -0.613. The molecular weight excluding hydrogens is 213 g/mol. The van der Waals surface area contributed by atoms with E-state index >= 15 is 0 Å². The number of halogens is 1. The monoisotopic (exact) mass is 225 g/mol. The number of non-ortho nitro benzene ring substituents is 1. The number of hydrogen-bond donors (Lipinski definition) is 0. The molecule has 0 aliphatic heterocycles. The molecule has 1 saturated carbocycles. The molecule has 1 aliphatic rings. The summed E-state index contributed by atoms with van der Waals surface area (Å²) in [6, 6.07) is 3.62. The largest absolute Gasteiger partial charge is 0.376 e. The van der Waals surface area contributed by atoms with Gasteiger partial charge in [-0.1, -0.05) is 0 Å². The lowest BCUT2D eigenvalue weighted by Crippen LogP contribution is -2.00. The van der Waals surface area contributed by atoms with Crippen LogP contribution in [-0.2, 0) is 11.3 Å². The summed E-state index contributed by atoms with van der Waals surface area (Å²) in [7, 11) is 0. The van der Waals surface area contributed by atoms with Crippen molar-refractivity contribution in [2.75, 3.05) is 6.61 Å². The van der Waals surface area contributed by atoms with Crippen molar-refractivity contribution >= 4 is 5.69 Å². The Hall–Kier alpha value is -1.49. The van der Waals surface area contributed by atoms with Crippen molar-refractivity contribution in [2.45, 2.75) is 19.4 Å². The molecule has 0 atom stereocenters. The molecule has 1 aromatic rings. The van der Waals surface area contributed by atoms with Crippen LogP contribution in [0.25, 0.3) is 0 Å². The van der Waals surface area contributed by atoms with Gasteiger partial charge < -0.3 is 4.74 Å². The van der Waals surface area contributed by atoms with E-state index in [2.05, 4.69) is 0 Å². The predicted molar refractivity (Wildman–Crippen MR) is 55.4 cm³/mol. The summed E-state index contributed by atoms with van der Waals surface area (Å²) in [4.78, 5) is 9.77. The summed E-state index contributed by atoms with van der Waals surface area (Å²) in [5, 5.41) is 10.4. The fourth-order valence-corrected chi connectivity index (χ4v) is 1.39. The number of nitro benzene ring substituents is 1. The zero-order valence-electron chi connectivity index (χ0n) is 8.69. The Bertz CT molecular complexity index is 404. The first-order valence-electron chi connectivity index (χ1n) is 5.17. The van der Waals surface area contributed by atoms with E-state index in [0.717, 1.165) is 6.07 Å². The van der Waals surface area contributed by atoms with Crippen LogP contribution in [0.3, 0.4) is 0 Å². The molecule has 0 bridgehead atoms. The van der Waals surface area contributed by atoms with Crippen LogP contribution in [0.15, 0.2) is 18.2 Å². The van der Waals surface area contributed by atoms with Gasteiger partial charge in [0.15, 0.2) is 0 Å². The number of nitro groups is 1. The number of ether oxygens (including phenoxy) is 1. The van der Waals surface area contributed by atoms with Crippen molar-refractivity contribution in [3.63, 3.8) is 0 Å². The number of hydrogen-bond acceptors (Lipinski definition) is 3. The quantitative estimate of drug-likeness (QED) is 0.571. The zero-order valence-corrected chi connectivity index (χ0v) is 8.69. The molecule has 0 amide bonds. The number of nitrogens with zero attached hydrogens (tertiary/aromatic N) is 1. The highest BCUT2D eigenvalue weighted by Crippen LogP contribution is 2.29. The third-order valence-corrected chi connectivity index (χ3v) is 2.56. The lowest BCUT2D eigenvalue weighted by molar-refractivity contribution is -0.385. The standard InChI is InChI=1S/C11H12FNO3/c12-11-5-10(13(14)15)4-3-9(11)7-16-6-8-1-2-8/h3-5,8H,1-2,6-7H2. The molecule has 0 unspecified atom stereocenters. The van der Waals surface area contributed by atoms with Gasteiger partial charge in [0.2, 0.25) is 0 Å². The highest BCUT2D eigenvalue weighted by molar-refractivity contribution is 5.33. The van der Waals surface area contributed by atoms with Crippen LogP contribution < -0.4 is 0 Å². The minimum absolute atomic E-state index is 0.181. The zero-order chi connectivity index (χ0) is 11.5. The Balaban J connectivity index is 1.95. The number of benzene rings is 1. The molecule has 2 rings (SSSR count). The average molecular weight is 225 g/mol. The van der Waals surface area contributed by atoms with Gasteiger partial charge in [0, 0.05) is 18.2 Å². The Labute approximate surface area is 92.2 Å². The molecule has 0 heterocycles. The van der Waals surface area contributed by atoms with Crippen LogP contribution in [0, 0.1) is 21.8 Å². The maximum atomic E-state index is 13.4. The van der Waals surface area contributed by atoms with Gasteiger partial charge in [0.1, 0.15) is 5.82 Å². The Kier molecular flexibility index (Phi) is 3.14. The molecule has 0 N–H and O–H groups in total. The van der Waals surface area contributed by atoms with Crippen molar-refractivity contribution < 1.29 is 14.1 Å². The van der Waals surface area contributed by atoms with E-state index in [1.54, 1.807) is 0 Å². The molecule has 0 radical (unpaired) electrons. The molecule has 1 fully saturated rings. The van der Waals surface area contributed by atoms with E-state index in [4.69, 9.17) is 4.74 Å². The minimum Gasteiger partial charge on any atom is -0.376 e. The number of rotatable bonds is 5. The van der Waals surface area contributed by atoms with Gasteiger partial charge in [-0.15, -0.1) is 0 Å². The van der Waals surface area contributed by atoms with Gasteiger partial charge in [0.05, 0.1) is 17.6 Å². The van der Waals surface area contributed by atoms with Crippen LogP contribution in [0.1, 0.15) is 18.4 Å². The van der Waals surface area contributed by atoms with Crippen molar-refractivity contribution in [1.29, 1.82) is 0 Å². The molecule has 0 saturated heterocycles. The average Bonchev–Trinajstić information content (AvgIpc) is 3.04. The molecule has 0 spiro atoms. The van der Waals surface area contributed by atoms with Gasteiger partial charge in [-0.2, -0.15) is 0 Å². The second-order valence-electron chi connectivity index (χ2n) is 3.99. The van der Waals surface area contributed by atoms with Crippen LogP contribution in [0.2, 0.25) is 0 Å². The van der Waals surface area contributed by atoms with Crippen LogP contribution in [0.4, 0.5) is 10.1 Å². The summed E-state index contributed by atoms with van der Waals surface area (Å²) in [5.74, 6) is 0.0473. The lowest BCUT2D eigenvalue weighted by Gasteiger charge is -2.04. The van der Waals surface area contributed by atoms with Crippen LogP contribution in [-0.4, -0.2) is 11.5 Å². The van der Waals surface area contributed by atoms with Crippen molar-refractivity contribution in [2.24, 2.45) is 5.92 Å². The lowest BCUT2D eigenvalue weighted by atomic mass is 10.2. The third-order valence-electron chi connectivity index (χ3n) is 2.56. The van der Waals surface area contributed by atoms with E-state index in [1.165, 1.54) is 25.0 Å². The first-order valence-corrected chi connectivity index (χ1v) is 5.17. The van der Waals surface area contributed by atoms with Gasteiger partial charge in [-0.3, -0.25) is 10.1 Å². The van der Waals surface area contributed by atoms with Crippen LogP contribution >= 0.6 is 0 Å². The van der Waals surface area contributed by atoms with E-state index in [-0.39, 0.29) is 12.3 Å². The highest BCUT2D eigenvalue weighted by atomic mass is 19.1. The second kappa shape index (κ2) is 4.57. The van der Waals surface area contributed by atoms with Gasteiger partial charge in [-0.25, -0.2) is 4.39 Å². The van der Waals surface area contributed by atoms with E-state index in [9.17, 15) is 14.5 Å². The second-order valence-corrected chi connectivity index (χ2v) is 3.99. The maximum Gasteiger partial charge on any atom is 0.272 e. The highest BCUT2D eigenvalue weighted by Gasteiger charge is 2.21. The van der Waals surface area contributed by atoms with Gasteiger partial charge in [-0.05, 0) is 24.8 Å².